The molecule has 0 bridgehead atoms. The lowest BCUT2D eigenvalue weighted by molar-refractivity contribution is -0.394. The molecule has 1 atom stereocenters. The third-order valence-corrected chi connectivity index (χ3v) is 4.00. The molecule has 6 nitrogen and oxygen atoms in total. The van der Waals surface area contributed by atoms with Gasteiger partial charge < -0.3 is 10.1 Å². The third kappa shape index (κ3) is 3.38. The summed E-state index contributed by atoms with van der Waals surface area (Å²) in [5.74, 6) is -0.230. The van der Waals surface area contributed by atoms with Crippen LogP contribution < -0.4 is 0 Å². The van der Waals surface area contributed by atoms with Gasteiger partial charge >= 0.3 is 5.95 Å². The number of aromatic nitrogens is 3. The third-order valence-electron chi connectivity index (χ3n) is 2.63. The molecular weight excluding hydrogens is 380 g/mol. The summed E-state index contributed by atoms with van der Waals surface area (Å²) in [5.41, 5.74) is 1.14. The number of hydrogen-bond acceptors (Lipinski definition) is 4. The van der Waals surface area contributed by atoms with Crippen molar-refractivity contribution in [3.63, 3.8) is 0 Å². The number of benzene rings is 1. The van der Waals surface area contributed by atoms with Crippen molar-refractivity contribution in [1.82, 2.24) is 14.8 Å². The Kier molecular flexibility index (Phi) is 4.65. The summed E-state index contributed by atoms with van der Waals surface area (Å²) >= 11 is 6.64. The summed E-state index contributed by atoms with van der Waals surface area (Å²) in [6.45, 7) is 0.511. The average molecular weight is 390 g/mol. The number of nitrogens with zero attached hydrogens (tertiary/aromatic N) is 4. The zero-order valence-electron chi connectivity index (χ0n) is 9.74. The lowest BCUT2D eigenvalue weighted by atomic mass is 10.0. The van der Waals surface area contributed by atoms with Crippen LogP contribution in [-0.4, -0.2) is 25.0 Å². The molecule has 1 heterocycles. The Hall–Kier alpha value is -1.28. The smallest absolute Gasteiger partial charge is 0.390 e. The Morgan fingerprint density at radius 1 is 1.37 bits per heavy atom. The largest absolute Gasteiger partial charge is 0.492 e. The van der Waals surface area contributed by atoms with Gasteiger partial charge in [0, 0.05) is 32.3 Å². The van der Waals surface area contributed by atoms with Crippen LogP contribution in [0.25, 0.3) is 0 Å². The van der Waals surface area contributed by atoms with E-state index in [0.29, 0.717) is 11.3 Å². The van der Waals surface area contributed by atoms with Gasteiger partial charge in [0.2, 0.25) is 0 Å². The van der Waals surface area contributed by atoms with E-state index < -0.39 is 10.9 Å². The maximum atomic E-state index is 10.6. The normalized spacial score (nSPS) is 12.3. The number of nitro groups is 1. The Morgan fingerprint density at radius 2 is 2.05 bits per heavy atom. The number of hydrogen-bond donors (Lipinski definition) is 0. The van der Waals surface area contributed by atoms with Crippen LogP contribution in [0.5, 0.6) is 0 Å². The van der Waals surface area contributed by atoms with Crippen LogP contribution in [0.15, 0.2) is 35.1 Å². The Bertz CT molecular complexity index is 573. The second kappa shape index (κ2) is 6.25. The van der Waals surface area contributed by atoms with E-state index in [0.717, 1.165) is 10.9 Å². The van der Waals surface area contributed by atoms with E-state index in [9.17, 15) is 10.1 Å². The molecule has 8 heteroatoms. The molecule has 0 radical (unpaired) electrons. The highest BCUT2D eigenvalue weighted by Crippen LogP contribution is 2.22. The van der Waals surface area contributed by atoms with Gasteiger partial charge in [0.25, 0.3) is 4.73 Å². The van der Waals surface area contributed by atoms with Gasteiger partial charge in [-0.1, -0.05) is 46.3 Å². The van der Waals surface area contributed by atoms with Gasteiger partial charge in [-0.25, -0.2) is 0 Å². The Balaban J connectivity index is 2.21. The highest BCUT2D eigenvalue weighted by molar-refractivity contribution is 9.10. The molecule has 0 saturated carbocycles. The topological polar surface area (TPSA) is 73.8 Å². The lowest BCUT2D eigenvalue weighted by Crippen LogP contribution is -2.12. The van der Waals surface area contributed by atoms with Crippen molar-refractivity contribution in [3.8, 4) is 0 Å². The predicted molar refractivity (Wildman–Crippen MR) is 77.4 cm³/mol. The maximum Gasteiger partial charge on any atom is 0.492 e. The minimum Gasteiger partial charge on any atom is -0.390 e. The molecule has 0 amide bonds. The highest BCUT2D eigenvalue weighted by Gasteiger charge is 2.22. The van der Waals surface area contributed by atoms with Gasteiger partial charge in [0.1, 0.15) is 0 Å². The summed E-state index contributed by atoms with van der Waals surface area (Å²) in [6.07, 6.45) is 0. The summed E-state index contributed by atoms with van der Waals surface area (Å²) in [6, 6.07) is 9.91. The molecule has 0 spiro atoms. The van der Waals surface area contributed by atoms with Crippen LogP contribution in [-0.2, 0) is 6.54 Å². The van der Waals surface area contributed by atoms with E-state index in [4.69, 9.17) is 0 Å². The monoisotopic (exact) mass is 388 g/mol. The quantitative estimate of drug-likeness (QED) is 0.447. The van der Waals surface area contributed by atoms with Crippen LogP contribution in [0, 0.1) is 10.1 Å². The SMILES string of the molecule is O=[N+]([O-])c1nc(Br)n(CC(CBr)c2ccccc2)n1. The average Bonchev–Trinajstić information content (AvgIpc) is 2.78. The van der Waals surface area contributed by atoms with Gasteiger partial charge in [-0.3, -0.25) is 0 Å². The summed E-state index contributed by atoms with van der Waals surface area (Å²) < 4.78 is 1.86. The predicted octanol–water partition coefficient (Wildman–Crippen LogP) is 3.13. The Labute approximate surface area is 126 Å². The van der Waals surface area contributed by atoms with Crippen molar-refractivity contribution in [2.45, 2.75) is 12.5 Å². The fourth-order valence-electron chi connectivity index (χ4n) is 1.68. The first-order chi connectivity index (χ1) is 9.11. The zero-order valence-corrected chi connectivity index (χ0v) is 12.9. The van der Waals surface area contributed by atoms with E-state index >= 15 is 0 Å². The minimum absolute atomic E-state index is 0.166. The van der Waals surface area contributed by atoms with Gasteiger partial charge in [-0.15, -0.1) is 0 Å². The van der Waals surface area contributed by atoms with E-state index in [1.807, 2.05) is 30.3 Å². The van der Waals surface area contributed by atoms with E-state index in [-0.39, 0.29) is 5.92 Å². The number of alkyl halides is 1. The van der Waals surface area contributed by atoms with E-state index in [2.05, 4.69) is 41.9 Å². The summed E-state index contributed by atoms with van der Waals surface area (Å²) in [4.78, 5) is 13.8. The molecule has 1 unspecified atom stereocenters. The van der Waals surface area contributed by atoms with Gasteiger partial charge in [-0.2, -0.15) is 4.68 Å². The van der Waals surface area contributed by atoms with Gasteiger partial charge in [-0.05, 0) is 15.5 Å². The van der Waals surface area contributed by atoms with Gasteiger partial charge in [0.05, 0.1) is 6.54 Å². The number of halogens is 2. The second-order valence-corrected chi connectivity index (χ2v) is 5.24. The van der Waals surface area contributed by atoms with Crippen molar-refractivity contribution in [3.05, 3.63) is 50.7 Å². The fourth-order valence-corrected chi connectivity index (χ4v) is 2.64. The van der Waals surface area contributed by atoms with Gasteiger partial charge in [0.15, 0.2) is 0 Å². The lowest BCUT2D eigenvalue weighted by Gasteiger charge is -2.12. The molecule has 0 fully saturated rings. The number of rotatable bonds is 5. The fraction of sp³-hybridized carbons (Fsp3) is 0.273. The minimum atomic E-state index is -0.604. The molecule has 1 aromatic carbocycles. The van der Waals surface area contributed by atoms with Crippen molar-refractivity contribution in [2.24, 2.45) is 0 Å². The maximum absolute atomic E-state index is 10.6. The van der Waals surface area contributed by atoms with Crippen LogP contribution in [0.3, 0.4) is 0 Å². The van der Waals surface area contributed by atoms with Crippen LogP contribution in [0.1, 0.15) is 11.5 Å². The molecule has 2 aromatic rings. The molecule has 1 aromatic heterocycles. The molecule has 0 saturated heterocycles. The molecular formula is C11H10Br2N4O2. The van der Waals surface area contributed by atoms with Crippen LogP contribution in [0.2, 0.25) is 0 Å². The molecule has 0 aliphatic carbocycles. The Morgan fingerprint density at radius 3 is 2.58 bits per heavy atom. The first-order valence-electron chi connectivity index (χ1n) is 5.47. The van der Waals surface area contributed by atoms with Crippen molar-refractivity contribution in [1.29, 1.82) is 0 Å². The molecule has 0 aliphatic heterocycles. The van der Waals surface area contributed by atoms with Crippen LogP contribution in [0.4, 0.5) is 5.95 Å². The first-order valence-corrected chi connectivity index (χ1v) is 7.39. The molecule has 0 aliphatic rings. The molecule has 2 rings (SSSR count). The zero-order chi connectivity index (χ0) is 13.8. The van der Waals surface area contributed by atoms with Crippen LogP contribution >= 0.6 is 31.9 Å². The van der Waals surface area contributed by atoms with Crippen molar-refractivity contribution >= 4 is 37.8 Å². The second-order valence-electron chi connectivity index (χ2n) is 3.88. The molecule has 0 N–H and O–H groups in total. The van der Waals surface area contributed by atoms with E-state index in [1.165, 1.54) is 4.68 Å². The standard InChI is InChI=1S/C11H10Br2N4O2/c12-6-9(8-4-2-1-3-5-8)7-16-10(13)14-11(15-16)17(18)19/h1-5,9H,6-7H2. The molecule has 19 heavy (non-hydrogen) atoms. The van der Waals surface area contributed by atoms with E-state index in [1.54, 1.807) is 0 Å². The first kappa shape index (κ1) is 14.1. The highest BCUT2D eigenvalue weighted by atomic mass is 79.9. The molecule has 100 valence electrons. The summed E-state index contributed by atoms with van der Waals surface area (Å²) in [5, 5.41) is 15.2. The van der Waals surface area contributed by atoms with Crippen molar-refractivity contribution in [2.75, 3.05) is 5.33 Å². The van der Waals surface area contributed by atoms with Crippen molar-refractivity contribution < 1.29 is 4.92 Å². The summed E-state index contributed by atoms with van der Waals surface area (Å²) in [7, 11) is 0.